The molecular weight excluding hydrogens is 328 g/mol. The number of carboxylic acids is 2. The van der Waals surface area contributed by atoms with Crippen LogP contribution in [-0.4, -0.2) is 45.1 Å². The van der Waals surface area contributed by atoms with E-state index in [0.29, 0.717) is 6.07 Å². The number of nitro benzene ring substituents is 1. The summed E-state index contributed by atoms with van der Waals surface area (Å²) in [5.41, 5.74) is 3.34. The molecule has 0 amide bonds. The second-order valence-electron chi connectivity index (χ2n) is 4.54. The van der Waals surface area contributed by atoms with Gasteiger partial charge in [-0.2, -0.15) is 0 Å². The van der Waals surface area contributed by atoms with Gasteiger partial charge in [0.25, 0.3) is 5.69 Å². The minimum absolute atomic E-state index is 0.262. The van der Waals surface area contributed by atoms with E-state index in [1.54, 1.807) is 0 Å². The number of nitro groups is 1. The van der Waals surface area contributed by atoms with Gasteiger partial charge in [0.1, 0.15) is 11.6 Å². The number of hydrogen-bond acceptors (Lipinski definition) is 8. The van der Waals surface area contributed by atoms with E-state index < -0.39 is 52.5 Å². The lowest BCUT2D eigenvalue weighted by Gasteiger charge is -2.06. The lowest BCUT2D eigenvalue weighted by molar-refractivity contribution is -0.385. The first-order valence-electron chi connectivity index (χ1n) is 6.38. The van der Waals surface area contributed by atoms with E-state index in [2.05, 4.69) is 4.74 Å². The molecule has 128 valence electrons. The van der Waals surface area contributed by atoms with Crippen LogP contribution in [0.15, 0.2) is 18.2 Å². The molecule has 0 heterocycles. The quantitative estimate of drug-likeness (QED) is 0.267. The smallest absolute Gasteiger partial charge is 0.345 e. The van der Waals surface area contributed by atoms with E-state index in [1.165, 1.54) is 0 Å². The van der Waals surface area contributed by atoms with Crippen LogP contribution in [0.3, 0.4) is 0 Å². The molecule has 0 aromatic heterocycles. The first kappa shape index (κ1) is 18.7. The average molecular weight is 340 g/mol. The predicted molar refractivity (Wildman–Crippen MR) is 75.3 cm³/mol. The summed E-state index contributed by atoms with van der Waals surface area (Å²) in [6, 6.07) is 1.14. The molecule has 4 N–H and O–H groups in total. The number of carboxylic acid groups (broad SMARTS) is 2. The van der Waals surface area contributed by atoms with Crippen molar-refractivity contribution in [3.05, 3.63) is 39.4 Å². The Morgan fingerprint density at radius 1 is 1.25 bits per heavy atom. The van der Waals surface area contributed by atoms with Crippen molar-refractivity contribution in [1.82, 2.24) is 0 Å². The summed E-state index contributed by atoms with van der Waals surface area (Å²) in [6.07, 6.45) is -0.708. The van der Waals surface area contributed by atoms with Crippen LogP contribution in [0.4, 0.5) is 5.69 Å². The molecule has 1 rings (SSSR count). The van der Waals surface area contributed by atoms with E-state index in [4.69, 9.17) is 15.9 Å². The maximum absolute atomic E-state index is 11.7. The van der Waals surface area contributed by atoms with Crippen LogP contribution in [0.25, 0.3) is 0 Å². The molecule has 0 aliphatic carbocycles. The van der Waals surface area contributed by atoms with Gasteiger partial charge in [0.2, 0.25) is 0 Å². The maximum Gasteiger partial charge on any atom is 0.345 e. The highest BCUT2D eigenvalue weighted by Crippen LogP contribution is 2.20. The minimum Gasteiger partial charge on any atom is -0.480 e. The summed E-state index contributed by atoms with van der Waals surface area (Å²) in [5.74, 6) is -5.24. The predicted octanol–water partition coefficient (Wildman–Crippen LogP) is 0.168. The van der Waals surface area contributed by atoms with Crippen LogP contribution in [-0.2, 0) is 14.3 Å². The Balaban J connectivity index is 2.83. The number of carbonyl (C=O) groups excluding carboxylic acids is 2. The van der Waals surface area contributed by atoms with E-state index in [9.17, 15) is 29.3 Å². The zero-order chi connectivity index (χ0) is 18.4. The van der Waals surface area contributed by atoms with Gasteiger partial charge in [0, 0.05) is 12.5 Å². The fourth-order valence-electron chi connectivity index (χ4n) is 1.60. The van der Waals surface area contributed by atoms with Gasteiger partial charge in [-0.1, -0.05) is 0 Å². The van der Waals surface area contributed by atoms with E-state index in [0.717, 1.165) is 12.1 Å². The molecule has 11 nitrogen and oxygen atoms in total. The third-order valence-corrected chi connectivity index (χ3v) is 2.84. The minimum atomic E-state index is -1.63. The fraction of sp³-hybridized carbons (Fsp3) is 0.231. The third-order valence-electron chi connectivity index (χ3n) is 2.84. The van der Waals surface area contributed by atoms with Crippen molar-refractivity contribution in [1.29, 1.82) is 0 Å². The summed E-state index contributed by atoms with van der Waals surface area (Å²) < 4.78 is 4.41. The van der Waals surface area contributed by atoms with Crippen LogP contribution in [0.1, 0.15) is 33.6 Å². The summed E-state index contributed by atoms with van der Waals surface area (Å²) in [5, 5.41) is 28.2. The number of aliphatic carboxylic acids is 1. The Kier molecular flexibility index (Phi) is 6.07. The molecule has 0 radical (unpaired) electrons. The van der Waals surface area contributed by atoms with Crippen LogP contribution in [0.2, 0.25) is 0 Å². The molecule has 0 bridgehead atoms. The second kappa shape index (κ2) is 7.78. The molecule has 0 fully saturated rings. The number of aromatic carboxylic acids is 1. The van der Waals surface area contributed by atoms with E-state index in [-0.39, 0.29) is 12.0 Å². The highest BCUT2D eigenvalue weighted by Gasteiger charge is 2.23. The van der Waals surface area contributed by atoms with Gasteiger partial charge in [0.05, 0.1) is 10.5 Å². The monoisotopic (exact) mass is 340 g/mol. The molecule has 1 aromatic carbocycles. The third kappa shape index (κ3) is 4.84. The average Bonchev–Trinajstić information content (AvgIpc) is 2.51. The zero-order valence-corrected chi connectivity index (χ0v) is 12.0. The van der Waals surface area contributed by atoms with Crippen molar-refractivity contribution < 1.29 is 39.1 Å². The van der Waals surface area contributed by atoms with Gasteiger partial charge in [-0.3, -0.25) is 19.7 Å². The van der Waals surface area contributed by atoms with Crippen molar-refractivity contribution in [3.63, 3.8) is 0 Å². The lowest BCUT2D eigenvalue weighted by Crippen LogP contribution is -2.31. The largest absolute Gasteiger partial charge is 0.480 e. The number of benzene rings is 1. The Labute approximate surface area is 133 Å². The van der Waals surface area contributed by atoms with Crippen molar-refractivity contribution in [2.75, 3.05) is 0 Å². The Morgan fingerprint density at radius 3 is 2.38 bits per heavy atom. The van der Waals surface area contributed by atoms with Crippen LogP contribution in [0.5, 0.6) is 0 Å². The molecule has 0 aliphatic heterocycles. The second-order valence-corrected chi connectivity index (χ2v) is 4.54. The van der Waals surface area contributed by atoms with Crippen molar-refractivity contribution in [2.45, 2.75) is 18.9 Å². The molecule has 0 saturated carbocycles. The molecular formula is C13H12N2O9. The summed E-state index contributed by atoms with van der Waals surface area (Å²) in [7, 11) is 0. The zero-order valence-electron chi connectivity index (χ0n) is 12.0. The van der Waals surface area contributed by atoms with Gasteiger partial charge in [-0.25, -0.2) is 9.59 Å². The van der Waals surface area contributed by atoms with Crippen LogP contribution in [0, 0.1) is 10.1 Å². The topological polar surface area (TPSA) is 187 Å². The van der Waals surface area contributed by atoms with Crippen LogP contribution < -0.4 is 5.73 Å². The van der Waals surface area contributed by atoms with Crippen molar-refractivity contribution in [3.8, 4) is 0 Å². The maximum atomic E-state index is 11.7. The molecule has 1 aromatic rings. The highest BCUT2D eigenvalue weighted by molar-refractivity contribution is 6.00. The number of hydrogen-bond donors (Lipinski definition) is 3. The molecule has 0 aliphatic rings. The highest BCUT2D eigenvalue weighted by atomic mass is 16.6. The van der Waals surface area contributed by atoms with E-state index in [1.807, 2.05) is 0 Å². The number of carbonyl (C=O) groups is 4. The SMILES string of the molecule is N[C@@H](CCC(=O)OC(=O)c1ccc([N+](=O)[O-])c(C(=O)O)c1)C(=O)O. The van der Waals surface area contributed by atoms with Gasteiger partial charge >= 0.3 is 23.9 Å². The molecule has 0 unspecified atom stereocenters. The molecule has 1 atom stereocenters. The number of ether oxygens (including phenoxy) is 1. The Bertz CT molecular complexity index is 713. The lowest BCUT2D eigenvalue weighted by atomic mass is 10.1. The number of esters is 2. The molecule has 0 spiro atoms. The molecule has 24 heavy (non-hydrogen) atoms. The number of rotatable bonds is 7. The van der Waals surface area contributed by atoms with Crippen LogP contribution >= 0.6 is 0 Å². The van der Waals surface area contributed by atoms with Crippen molar-refractivity contribution in [2.24, 2.45) is 5.73 Å². The summed E-state index contributed by atoms with van der Waals surface area (Å²) in [4.78, 5) is 54.4. The van der Waals surface area contributed by atoms with Gasteiger partial charge < -0.3 is 20.7 Å². The summed E-state index contributed by atoms with van der Waals surface area (Å²) in [6.45, 7) is 0. The normalized spacial score (nSPS) is 11.4. The molecule has 11 heteroatoms. The standard InChI is InChI=1S/C13H12N2O9/c14-8(12(19)20)2-4-10(16)24-13(21)6-1-3-9(15(22)23)7(5-6)11(17)18/h1,3,5,8H,2,4,14H2,(H,17,18)(H,19,20)/t8-/m0/s1. The first-order valence-corrected chi connectivity index (χ1v) is 6.38. The summed E-state index contributed by atoms with van der Waals surface area (Å²) >= 11 is 0. The van der Waals surface area contributed by atoms with Gasteiger partial charge in [-0.05, 0) is 18.6 Å². The Morgan fingerprint density at radius 2 is 1.88 bits per heavy atom. The van der Waals surface area contributed by atoms with E-state index >= 15 is 0 Å². The van der Waals surface area contributed by atoms with Gasteiger partial charge in [-0.15, -0.1) is 0 Å². The number of nitrogens with two attached hydrogens (primary N) is 1. The fourth-order valence-corrected chi connectivity index (χ4v) is 1.60. The first-order chi connectivity index (χ1) is 11.1. The number of nitrogens with zero attached hydrogens (tertiary/aromatic N) is 1. The van der Waals surface area contributed by atoms with Crippen molar-refractivity contribution >= 4 is 29.6 Å². The Hall–Kier alpha value is -3.34. The molecule has 0 saturated heterocycles. The van der Waals surface area contributed by atoms with Gasteiger partial charge in [0.15, 0.2) is 0 Å².